The summed E-state index contributed by atoms with van der Waals surface area (Å²) in [6, 6.07) is 11.6. The number of hydrogen-bond acceptors (Lipinski definition) is 3. The highest BCUT2D eigenvalue weighted by molar-refractivity contribution is 9.10. The van der Waals surface area contributed by atoms with Gasteiger partial charge in [0.2, 0.25) is 10.0 Å². The first-order valence-corrected chi connectivity index (χ1v) is 8.72. The van der Waals surface area contributed by atoms with Gasteiger partial charge in [-0.2, -0.15) is 0 Å². The van der Waals surface area contributed by atoms with Crippen LogP contribution < -0.4 is 4.72 Å². The maximum atomic E-state index is 12.3. The van der Waals surface area contributed by atoms with E-state index in [0.29, 0.717) is 20.6 Å². The van der Waals surface area contributed by atoms with Crippen molar-refractivity contribution >= 4 is 37.6 Å². The fourth-order valence-corrected chi connectivity index (χ4v) is 4.08. The quantitative estimate of drug-likeness (QED) is 0.824. The molecule has 21 heavy (non-hydrogen) atoms. The van der Waals surface area contributed by atoms with Crippen LogP contribution in [0.15, 0.2) is 51.8 Å². The number of nitrogens with one attached hydrogen (secondary N) is 1. The third-order valence-corrected chi connectivity index (χ3v) is 5.63. The van der Waals surface area contributed by atoms with E-state index in [1.54, 1.807) is 36.4 Å². The zero-order valence-corrected chi connectivity index (χ0v) is 14.0. The van der Waals surface area contributed by atoms with E-state index in [1.807, 2.05) is 0 Å². The van der Waals surface area contributed by atoms with Crippen molar-refractivity contribution in [1.82, 2.24) is 4.72 Å². The highest BCUT2D eigenvalue weighted by Gasteiger charge is 2.18. The predicted molar refractivity (Wildman–Crippen MR) is 85.5 cm³/mol. The Kier molecular flexibility index (Phi) is 5.40. The Morgan fingerprint density at radius 1 is 1.19 bits per heavy atom. The summed E-state index contributed by atoms with van der Waals surface area (Å²) in [7, 11) is -3.67. The minimum absolute atomic E-state index is 0.107. The number of aliphatic hydroxyl groups is 1. The first kappa shape index (κ1) is 16.5. The fourth-order valence-electron chi connectivity index (χ4n) is 1.75. The van der Waals surface area contributed by atoms with E-state index in [1.165, 1.54) is 6.07 Å². The van der Waals surface area contributed by atoms with Gasteiger partial charge in [0, 0.05) is 16.0 Å². The minimum atomic E-state index is -3.67. The Morgan fingerprint density at radius 2 is 1.90 bits per heavy atom. The molecule has 0 bridgehead atoms. The Balaban J connectivity index is 2.21. The lowest BCUT2D eigenvalue weighted by Crippen LogP contribution is -2.23. The Morgan fingerprint density at radius 3 is 2.52 bits per heavy atom. The number of sulfonamides is 1. The lowest BCUT2D eigenvalue weighted by Gasteiger charge is -2.10. The van der Waals surface area contributed by atoms with Crippen molar-refractivity contribution in [3.05, 3.63) is 63.1 Å². The zero-order chi connectivity index (χ0) is 15.5. The van der Waals surface area contributed by atoms with Crippen molar-refractivity contribution in [2.24, 2.45) is 0 Å². The molecule has 0 radical (unpaired) electrons. The van der Waals surface area contributed by atoms with E-state index in [2.05, 4.69) is 20.7 Å². The first-order valence-electron chi connectivity index (χ1n) is 6.06. The topological polar surface area (TPSA) is 66.4 Å². The third kappa shape index (κ3) is 4.05. The average molecular weight is 391 g/mol. The van der Waals surface area contributed by atoms with Crippen LogP contribution in [0.4, 0.5) is 0 Å². The Bertz CT molecular complexity index is 750. The van der Waals surface area contributed by atoms with Crippen LogP contribution in [-0.2, 0) is 23.2 Å². The summed E-state index contributed by atoms with van der Waals surface area (Å²) in [5.41, 5.74) is 1.33. The molecule has 4 nitrogen and oxygen atoms in total. The van der Waals surface area contributed by atoms with Gasteiger partial charge >= 0.3 is 0 Å². The van der Waals surface area contributed by atoms with Crippen LogP contribution in [0.3, 0.4) is 0 Å². The van der Waals surface area contributed by atoms with Gasteiger partial charge in [-0.1, -0.05) is 35.9 Å². The molecule has 0 spiro atoms. The highest BCUT2D eigenvalue weighted by Crippen LogP contribution is 2.24. The van der Waals surface area contributed by atoms with Crippen LogP contribution >= 0.6 is 27.5 Å². The maximum absolute atomic E-state index is 12.3. The minimum Gasteiger partial charge on any atom is -0.392 e. The molecular formula is C14H13BrClNO3S. The van der Waals surface area contributed by atoms with Gasteiger partial charge in [-0.05, 0) is 45.3 Å². The SMILES string of the molecule is O=S(=O)(NCc1ccccc1Cl)c1ccc(CO)cc1Br. The number of rotatable bonds is 5. The standard InChI is InChI=1S/C14H13BrClNO3S/c15-12-7-10(9-18)5-6-14(12)21(19,20)17-8-11-3-1-2-4-13(11)16/h1-7,17-18H,8-9H2. The van der Waals surface area contributed by atoms with Crippen LogP contribution in [0.5, 0.6) is 0 Å². The second kappa shape index (κ2) is 6.89. The summed E-state index contributed by atoms with van der Waals surface area (Å²) >= 11 is 9.21. The lowest BCUT2D eigenvalue weighted by molar-refractivity contribution is 0.281. The van der Waals surface area contributed by atoms with E-state index in [0.717, 1.165) is 0 Å². The van der Waals surface area contributed by atoms with Gasteiger partial charge in [0.05, 0.1) is 11.5 Å². The predicted octanol–water partition coefficient (Wildman–Crippen LogP) is 3.07. The van der Waals surface area contributed by atoms with Gasteiger partial charge in [0.15, 0.2) is 0 Å². The van der Waals surface area contributed by atoms with E-state index in [9.17, 15) is 8.42 Å². The molecule has 0 aliphatic rings. The van der Waals surface area contributed by atoms with E-state index in [-0.39, 0.29) is 18.0 Å². The second-order valence-corrected chi connectivity index (χ2v) is 7.34. The van der Waals surface area contributed by atoms with Crippen LogP contribution in [0.1, 0.15) is 11.1 Å². The van der Waals surface area contributed by atoms with Crippen molar-refractivity contribution in [2.45, 2.75) is 18.0 Å². The maximum Gasteiger partial charge on any atom is 0.241 e. The van der Waals surface area contributed by atoms with Crippen molar-refractivity contribution < 1.29 is 13.5 Å². The lowest BCUT2D eigenvalue weighted by atomic mass is 10.2. The number of benzene rings is 2. The van der Waals surface area contributed by atoms with Crippen LogP contribution in [0, 0.1) is 0 Å². The summed E-state index contributed by atoms with van der Waals surface area (Å²) in [4.78, 5) is 0.117. The molecule has 2 rings (SSSR count). The second-order valence-electron chi connectivity index (χ2n) is 4.34. The monoisotopic (exact) mass is 389 g/mol. The van der Waals surface area contributed by atoms with Gasteiger partial charge in [0.25, 0.3) is 0 Å². The molecule has 0 aliphatic carbocycles. The van der Waals surface area contributed by atoms with E-state index < -0.39 is 10.0 Å². The summed E-state index contributed by atoms with van der Waals surface area (Å²) < 4.78 is 27.5. The molecule has 0 saturated heterocycles. The van der Waals surface area contributed by atoms with Gasteiger partial charge < -0.3 is 5.11 Å². The average Bonchev–Trinajstić information content (AvgIpc) is 2.46. The van der Waals surface area contributed by atoms with Gasteiger partial charge in [-0.3, -0.25) is 0 Å². The van der Waals surface area contributed by atoms with Gasteiger partial charge in [0.1, 0.15) is 0 Å². The fraction of sp³-hybridized carbons (Fsp3) is 0.143. The molecule has 0 amide bonds. The van der Waals surface area contributed by atoms with Gasteiger partial charge in [-0.25, -0.2) is 13.1 Å². The molecule has 0 aromatic heterocycles. The van der Waals surface area contributed by atoms with Crippen molar-refractivity contribution in [3.63, 3.8) is 0 Å². The zero-order valence-electron chi connectivity index (χ0n) is 10.9. The first-order chi connectivity index (χ1) is 9.94. The molecular weight excluding hydrogens is 378 g/mol. The molecule has 112 valence electrons. The summed E-state index contributed by atoms with van der Waals surface area (Å²) in [6.45, 7) is -0.0395. The third-order valence-electron chi connectivity index (χ3n) is 2.88. The number of halogens is 2. The van der Waals surface area contributed by atoms with Crippen molar-refractivity contribution in [2.75, 3.05) is 0 Å². The molecule has 0 saturated carbocycles. The highest BCUT2D eigenvalue weighted by atomic mass is 79.9. The number of hydrogen-bond donors (Lipinski definition) is 2. The van der Waals surface area contributed by atoms with Crippen LogP contribution in [0.25, 0.3) is 0 Å². The van der Waals surface area contributed by atoms with Gasteiger partial charge in [-0.15, -0.1) is 0 Å². The van der Waals surface area contributed by atoms with Crippen molar-refractivity contribution in [3.8, 4) is 0 Å². The Hall–Kier alpha value is -0.920. The van der Waals surface area contributed by atoms with Crippen LogP contribution in [0.2, 0.25) is 5.02 Å². The smallest absolute Gasteiger partial charge is 0.241 e. The molecule has 0 fully saturated rings. The normalized spacial score (nSPS) is 11.6. The number of aliphatic hydroxyl groups excluding tert-OH is 1. The van der Waals surface area contributed by atoms with Crippen LogP contribution in [-0.4, -0.2) is 13.5 Å². The summed E-state index contributed by atoms with van der Waals surface area (Å²) in [5, 5.41) is 9.55. The van der Waals surface area contributed by atoms with E-state index >= 15 is 0 Å². The van der Waals surface area contributed by atoms with E-state index in [4.69, 9.17) is 16.7 Å². The Labute approximate surface area is 136 Å². The molecule has 0 atom stereocenters. The van der Waals surface area contributed by atoms with Crippen molar-refractivity contribution in [1.29, 1.82) is 0 Å². The molecule has 2 aromatic rings. The molecule has 0 heterocycles. The summed E-state index contributed by atoms with van der Waals surface area (Å²) in [5.74, 6) is 0. The molecule has 0 aliphatic heterocycles. The molecule has 2 N–H and O–H groups in total. The molecule has 7 heteroatoms. The summed E-state index contributed by atoms with van der Waals surface area (Å²) in [6.07, 6.45) is 0. The largest absolute Gasteiger partial charge is 0.392 e. The molecule has 0 unspecified atom stereocenters. The molecule has 2 aromatic carbocycles.